The van der Waals surface area contributed by atoms with Crippen LogP contribution in [0.3, 0.4) is 0 Å². The average Bonchev–Trinajstić information content (AvgIpc) is 2.93. The second kappa shape index (κ2) is 6.81. The van der Waals surface area contributed by atoms with Gasteiger partial charge in [-0.2, -0.15) is 0 Å². The molecule has 1 aromatic heterocycles. The molecule has 0 bridgehead atoms. The molecular formula is C16H20BrN3O3P+. The van der Waals surface area contributed by atoms with Crippen LogP contribution in [0.5, 0.6) is 5.75 Å². The van der Waals surface area contributed by atoms with Crippen molar-refractivity contribution in [2.75, 3.05) is 26.6 Å². The van der Waals surface area contributed by atoms with Crippen LogP contribution in [0.4, 0.5) is 0 Å². The number of halogens is 1. The summed E-state index contributed by atoms with van der Waals surface area (Å²) < 4.78 is 12.3. The molecule has 2 heterocycles. The van der Waals surface area contributed by atoms with Crippen molar-refractivity contribution >= 4 is 34.7 Å². The van der Waals surface area contributed by atoms with Crippen molar-refractivity contribution in [3.8, 4) is 5.75 Å². The fourth-order valence-electron chi connectivity index (χ4n) is 2.49. The zero-order chi connectivity index (χ0) is 17.3. The topological polar surface area (TPSA) is 77.2 Å². The third-order valence-electron chi connectivity index (χ3n) is 3.73. The molecule has 0 spiro atoms. The van der Waals surface area contributed by atoms with Gasteiger partial charge in [0, 0.05) is 10.0 Å². The zero-order valence-corrected chi connectivity index (χ0v) is 16.4. The standard InChI is InChI=1S/C16H19BrN3O3P/c1-24(2,3)16-20-19-15(23-16)14(21)18-12-5-4-8-22-13-9-10(17)6-7-11(12)13/h6-7,9,12H,4-5,8H2,1-3H3/p+1. The molecule has 1 N–H and O–H groups in total. The van der Waals surface area contributed by atoms with Crippen LogP contribution in [-0.2, 0) is 0 Å². The number of hydrogen-bond acceptors (Lipinski definition) is 5. The molecule has 0 saturated carbocycles. The molecule has 24 heavy (non-hydrogen) atoms. The summed E-state index contributed by atoms with van der Waals surface area (Å²) in [5.74, 6) is 0.464. The molecule has 128 valence electrons. The molecule has 2 aromatic rings. The second-order valence-electron chi connectivity index (χ2n) is 6.60. The predicted octanol–water partition coefficient (Wildman–Crippen LogP) is 3.01. The maximum absolute atomic E-state index is 12.5. The van der Waals surface area contributed by atoms with Crippen LogP contribution in [-0.4, -0.2) is 42.7 Å². The smallest absolute Gasteiger partial charge is 0.364 e. The Morgan fingerprint density at radius 3 is 2.83 bits per heavy atom. The Bertz CT molecular complexity index is 757. The molecule has 8 heteroatoms. The Hall–Kier alpha value is -1.46. The van der Waals surface area contributed by atoms with E-state index in [1.54, 1.807) is 0 Å². The number of fused-ring (bicyclic) bond motifs is 1. The van der Waals surface area contributed by atoms with Gasteiger partial charge in [-0.05, 0) is 25.0 Å². The first-order valence-electron chi connectivity index (χ1n) is 7.73. The van der Waals surface area contributed by atoms with Gasteiger partial charge in [-0.3, -0.25) is 4.79 Å². The van der Waals surface area contributed by atoms with Crippen molar-refractivity contribution < 1.29 is 13.9 Å². The Kier molecular flexibility index (Phi) is 4.92. The van der Waals surface area contributed by atoms with E-state index in [9.17, 15) is 4.79 Å². The summed E-state index contributed by atoms with van der Waals surface area (Å²) in [6.07, 6.45) is 1.66. The molecule has 1 unspecified atom stereocenters. The van der Waals surface area contributed by atoms with Gasteiger partial charge in [0.25, 0.3) is 0 Å². The van der Waals surface area contributed by atoms with Crippen molar-refractivity contribution in [2.24, 2.45) is 0 Å². The second-order valence-corrected chi connectivity index (χ2v) is 11.9. The van der Waals surface area contributed by atoms with Gasteiger partial charge in [0.05, 0.1) is 32.6 Å². The van der Waals surface area contributed by atoms with Crippen LogP contribution in [0.25, 0.3) is 0 Å². The van der Waals surface area contributed by atoms with Gasteiger partial charge < -0.3 is 14.5 Å². The predicted molar refractivity (Wildman–Crippen MR) is 97.7 cm³/mol. The number of nitrogens with one attached hydrogen (secondary N) is 1. The fourth-order valence-corrected chi connectivity index (χ4v) is 3.51. The molecule has 1 aliphatic heterocycles. The lowest BCUT2D eigenvalue weighted by atomic mass is 10.0. The number of benzene rings is 1. The Morgan fingerprint density at radius 1 is 1.33 bits per heavy atom. The third kappa shape index (κ3) is 3.78. The zero-order valence-electron chi connectivity index (χ0n) is 13.9. The normalized spacial score (nSPS) is 17.6. The average molecular weight is 413 g/mol. The van der Waals surface area contributed by atoms with E-state index in [-0.39, 0.29) is 17.8 Å². The number of carbonyl (C=O) groups excluding carboxylic acids is 1. The molecule has 0 radical (unpaired) electrons. The number of nitrogens with zero attached hydrogens (tertiary/aromatic N) is 2. The number of rotatable bonds is 3. The number of ether oxygens (including phenoxy) is 1. The van der Waals surface area contributed by atoms with Crippen molar-refractivity contribution in [1.29, 1.82) is 0 Å². The van der Waals surface area contributed by atoms with E-state index in [1.807, 2.05) is 18.2 Å². The van der Waals surface area contributed by atoms with Crippen LogP contribution in [0.1, 0.15) is 35.1 Å². The summed E-state index contributed by atoms with van der Waals surface area (Å²) in [6, 6.07) is 5.70. The minimum absolute atomic E-state index is 0.0174. The highest BCUT2D eigenvalue weighted by atomic mass is 79.9. The van der Waals surface area contributed by atoms with Gasteiger partial charge in [0.15, 0.2) is 0 Å². The van der Waals surface area contributed by atoms with Gasteiger partial charge in [-0.1, -0.05) is 32.2 Å². The van der Waals surface area contributed by atoms with Crippen molar-refractivity contribution in [1.82, 2.24) is 15.5 Å². The van der Waals surface area contributed by atoms with Gasteiger partial charge in [-0.15, -0.1) is 0 Å². The number of amides is 1. The SMILES string of the molecule is C[P+](C)(C)c1nnc(C(=O)NC2CCCOc3cc(Br)ccc32)o1. The Labute approximate surface area is 149 Å². The van der Waals surface area contributed by atoms with Crippen molar-refractivity contribution in [2.45, 2.75) is 18.9 Å². The highest BCUT2D eigenvalue weighted by Gasteiger charge is 2.32. The first-order valence-corrected chi connectivity index (χ1v) is 11.7. The van der Waals surface area contributed by atoms with E-state index < -0.39 is 7.26 Å². The Balaban J connectivity index is 1.81. The van der Waals surface area contributed by atoms with Crippen LogP contribution in [0.15, 0.2) is 27.1 Å². The van der Waals surface area contributed by atoms with E-state index in [1.165, 1.54) is 0 Å². The minimum atomic E-state index is -1.44. The first-order chi connectivity index (χ1) is 11.3. The summed E-state index contributed by atoms with van der Waals surface area (Å²) in [4.78, 5) is 12.5. The lowest BCUT2D eigenvalue weighted by molar-refractivity contribution is 0.0901. The Morgan fingerprint density at radius 2 is 2.12 bits per heavy atom. The largest absolute Gasteiger partial charge is 0.493 e. The monoisotopic (exact) mass is 412 g/mol. The minimum Gasteiger partial charge on any atom is -0.493 e. The van der Waals surface area contributed by atoms with E-state index in [0.29, 0.717) is 12.2 Å². The van der Waals surface area contributed by atoms with E-state index in [0.717, 1.165) is 28.6 Å². The molecule has 0 saturated heterocycles. The maximum Gasteiger partial charge on any atom is 0.364 e. The summed E-state index contributed by atoms with van der Waals surface area (Å²) in [5, 5.41) is 10.9. The lowest BCUT2D eigenvalue weighted by Gasteiger charge is -2.17. The highest BCUT2D eigenvalue weighted by Crippen LogP contribution is 2.44. The molecule has 6 nitrogen and oxygen atoms in total. The van der Waals surface area contributed by atoms with Crippen LogP contribution in [0, 0.1) is 0 Å². The van der Waals surface area contributed by atoms with Gasteiger partial charge >= 0.3 is 17.4 Å². The summed E-state index contributed by atoms with van der Waals surface area (Å²) >= 11 is 3.45. The van der Waals surface area contributed by atoms with Crippen LogP contribution < -0.4 is 15.7 Å². The molecule has 0 aliphatic carbocycles. The van der Waals surface area contributed by atoms with Crippen molar-refractivity contribution in [3.63, 3.8) is 0 Å². The van der Waals surface area contributed by atoms with Gasteiger partial charge in [0.1, 0.15) is 13.0 Å². The molecule has 1 atom stereocenters. The lowest BCUT2D eigenvalue weighted by Crippen LogP contribution is -2.28. The first kappa shape index (κ1) is 17.4. The van der Waals surface area contributed by atoms with Crippen LogP contribution in [0.2, 0.25) is 0 Å². The number of hydrogen-bond donors (Lipinski definition) is 1. The fraction of sp³-hybridized carbons (Fsp3) is 0.438. The van der Waals surface area contributed by atoms with E-state index in [4.69, 9.17) is 9.15 Å². The quantitative estimate of drug-likeness (QED) is 0.783. The molecule has 1 aromatic carbocycles. The van der Waals surface area contributed by atoms with Gasteiger partial charge in [-0.25, -0.2) is 0 Å². The number of carbonyl (C=O) groups is 1. The summed E-state index contributed by atoms with van der Waals surface area (Å²) in [6.45, 7) is 6.84. The van der Waals surface area contributed by atoms with E-state index >= 15 is 0 Å². The highest BCUT2D eigenvalue weighted by molar-refractivity contribution is 9.10. The van der Waals surface area contributed by atoms with Gasteiger partial charge in [0.2, 0.25) is 0 Å². The van der Waals surface area contributed by atoms with Crippen LogP contribution >= 0.6 is 23.2 Å². The summed E-state index contributed by atoms with van der Waals surface area (Å²) in [7, 11) is -1.44. The molecule has 1 amide bonds. The molecule has 0 fully saturated rings. The third-order valence-corrected chi connectivity index (χ3v) is 5.56. The van der Waals surface area contributed by atoms with E-state index in [2.05, 4.69) is 51.4 Å². The number of aromatic nitrogens is 2. The van der Waals surface area contributed by atoms with Crippen molar-refractivity contribution in [3.05, 3.63) is 34.1 Å². The summed E-state index contributed by atoms with van der Waals surface area (Å²) in [5.41, 5.74) is 1.52. The molecular weight excluding hydrogens is 393 g/mol. The maximum atomic E-state index is 12.5. The molecule has 3 rings (SSSR count). The molecule has 1 aliphatic rings.